The van der Waals surface area contributed by atoms with Crippen molar-refractivity contribution in [1.82, 2.24) is 4.90 Å². The summed E-state index contributed by atoms with van der Waals surface area (Å²) in [4.78, 5) is 26.5. The molecule has 26 heavy (non-hydrogen) atoms. The van der Waals surface area contributed by atoms with Crippen LogP contribution >= 0.6 is 15.9 Å². The Kier molecular flexibility index (Phi) is 5.66. The van der Waals surface area contributed by atoms with Crippen LogP contribution < -0.4 is 5.32 Å². The molecule has 0 bridgehead atoms. The molecule has 2 aromatic rings. The molecular weight excluding hydrogens is 406 g/mol. The van der Waals surface area contributed by atoms with Gasteiger partial charge in [0.25, 0.3) is 5.91 Å². The summed E-state index contributed by atoms with van der Waals surface area (Å²) in [5.74, 6) is -2.38. The zero-order valence-electron chi connectivity index (χ0n) is 13.8. The summed E-state index contributed by atoms with van der Waals surface area (Å²) < 4.78 is 28.3. The van der Waals surface area contributed by atoms with Crippen molar-refractivity contribution < 1.29 is 18.4 Å². The van der Waals surface area contributed by atoms with E-state index in [9.17, 15) is 18.4 Å². The molecule has 1 atom stereocenters. The minimum atomic E-state index is -0.582. The minimum absolute atomic E-state index is 0.00693. The van der Waals surface area contributed by atoms with E-state index >= 15 is 0 Å². The number of carbonyl (C=O) groups excluding carboxylic acids is 2. The van der Waals surface area contributed by atoms with Gasteiger partial charge in [0.15, 0.2) is 0 Å². The van der Waals surface area contributed by atoms with Gasteiger partial charge in [-0.3, -0.25) is 9.59 Å². The number of anilines is 1. The smallest absolute Gasteiger partial charge is 0.256 e. The SMILES string of the molecule is O=C(Nc1ccc(Br)cc1F)C1CCCN(C(=O)c2ccccc2F)C1. The first-order valence-corrected chi connectivity index (χ1v) is 9.04. The largest absolute Gasteiger partial charge is 0.338 e. The topological polar surface area (TPSA) is 49.4 Å². The zero-order chi connectivity index (χ0) is 18.7. The lowest BCUT2D eigenvalue weighted by Gasteiger charge is -2.32. The maximum atomic E-state index is 13.9. The number of carbonyl (C=O) groups is 2. The fourth-order valence-electron chi connectivity index (χ4n) is 3.01. The van der Waals surface area contributed by atoms with Gasteiger partial charge in [0.1, 0.15) is 11.6 Å². The highest BCUT2D eigenvalue weighted by Crippen LogP contribution is 2.23. The van der Waals surface area contributed by atoms with E-state index in [4.69, 9.17) is 0 Å². The molecule has 0 radical (unpaired) electrons. The molecule has 1 N–H and O–H groups in total. The molecule has 0 spiro atoms. The Balaban J connectivity index is 1.69. The molecule has 7 heteroatoms. The van der Waals surface area contributed by atoms with E-state index in [1.165, 1.54) is 35.2 Å². The Morgan fingerprint density at radius 1 is 1.12 bits per heavy atom. The van der Waals surface area contributed by atoms with Gasteiger partial charge in [-0.05, 0) is 43.2 Å². The van der Waals surface area contributed by atoms with Crippen molar-refractivity contribution in [2.24, 2.45) is 5.92 Å². The molecule has 1 unspecified atom stereocenters. The number of piperidine rings is 1. The lowest BCUT2D eigenvalue weighted by molar-refractivity contribution is -0.121. The third-order valence-corrected chi connectivity index (χ3v) is 4.87. The second-order valence-electron chi connectivity index (χ2n) is 6.18. The summed E-state index contributed by atoms with van der Waals surface area (Å²) in [6.07, 6.45) is 1.21. The van der Waals surface area contributed by atoms with E-state index in [-0.39, 0.29) is 23.7 Å². The second-order valence-corrected chi connectivity index (χ2v) is 7.10. The Labute approximate surface area is 158 Å². The number of hydrogen-bond acceptors (Lipinski definition) is 2. The van der Waals surface area contributed by atoms with Gasteiger partial charge in [0.05, 0.1) is 17.2 Å². The number of benzene rings is 2. The normalized spacial score (nSPS) is 17.0. The first kappa shape index (κ1) is 18.5. The standard InChI is InChI=1S/C19H17BrF2N2O2/c20-13-7-8-17(16(22)10-13)23-18(25)12-4-3-9-24(11-12)19(26)14-5-1-2-6-15(14)21/h1-2,5-8,10,12H,3-4,9,11H2,(H,23,25). The molecule has 136 valence electrons. The summed E-state index contributed by atoms with van der Waals surface area (Å²) in [5.41, 5.74) is 0.0864. The molecule has 2 amide bonds. The van der Waals surface area contributed by atoms with Crippen molar-refractivity contribution >= 4 is 33.4 Å². The number of likely N-dealkylation sites (tertiary alicyclic amines) is 1. The highest BCUT2D eigenvalue weighted by molar-refractivity contribution is 9.10. The van der Waals surface area contributed by atoms with Gasteiger partial charge in [-0.15, -0.1) is 0 Å². The van der Waals surface area contributed by atoms with Crippen LogP contribution in [0.1, 0.15) is 23.2 Å². The van der Waals surface area contributed by atoms with Crippen molar-refractivity contribution in [3.8, 4) is 0 Å². The number of hydrogen-bond donors (Lipinski definition) is 1. The number of nitrogens with one attached hydrogen (secondary N) is 1. The average Bonchev–Trinajstić information content (AvgIpc) is 2.64. The monoisotopic (exact) mass is 422 g/mol. The van der Waals surface area contributed by atoms with Crippen LogP contribution in [0.5, 0.6) is 0 Å². The molecule has 1 aliphatic rings. The summed E-state index contributed by atoms with van der Waals surface area (Å²) in [6.45, 7) is 0.640. The Hall–Kier alpha value is -2.28. The van der Waals surface area contributed by atoms with Crippen LogP contribution in [0, 0.1) is 17.6 Å². The third-order valence-electron chi connectivity index (χ3n) is 4.37. The lowest BCUT2D eigenvalue weighted by Crippen LogP contribution is -2.44. The molecule has 1 saturated heterocycles. The number of rotatable bonds is 3. The van der Waals surface area contributed by atoms with Gasteiger partial charge in [-0.25, -0.2) is 8.78 Å². The summed E-state index contributed by atoms with van der Waals surface area (Å²) in [5, 5.41) is 2.57. The van der Waals surface area contributed by atoms with Crippen LogP contribution in [0.2, 0.25) is 0 Å². The first-order valence-electron chi connectivity index (χ1n) is 8.25. The minimum Gasteiger partial charge on any atom is -0.338 e. The zero-order valence-corrected chi connectivity index (χ0v) is 15.4. The molecule has 3 rings (SSSR count). The van der Waals surface area contributed by atoms with Crippen molar-refractivity contribution in [3.05, 3.63) is 64.1 Å². The summed E-state index contributed by atoms with van der Waals surface area (Å²) in [6, 6.07) is 10.2. The molecular formula is C19H17BrF2N2O2. The van der Waals surface area contributed by atoms with E-state index in [0.717, 1.165) is 0 Å². The van der Waals surface area contributed by atoms with Gasteiger partial charge in [0, 0.05) is 17.6 Å². The first-order chi connectivity index (χ1) is 12.5. The van der Waals surface area contributed by atoms with E-state index in [0.29, 0.717) is 23.9 Å². The Morgan fingerprint density at radius 2 is 1.88 bits per heavy atom. The van der Waals surface area contributed by atoms with Crippen LogP contribution in [-0.4, -0.2) is 29.8 Å². The van der Waals surface area contributed by atoms with Crippen LogP contribution in [0.15, 0.2) is 46.9 Å². The molecule has 1 aliphatic heterocycles. The van der Waals surface area contributed by atoms with Crippen LogP contribution in [0.25, 0.3) is 0 Å². The molecule has 0 aliphatic carbocycles. The molecule has 4 nitrogen and oxygen atoms in total. The van der Waals surface area contributed by atoms with Crippen molar-refractivity contribution in [3.63, 3.8) is 0 Å². The fraction of sp³-hybridized carbons (Fsp3) is 0.263. The van der Waals surface area contributed by atoms with Crippen molar-refractivity contribution in [2.45, 2.75) is 12.8 Å². The summed E-state index contributed by atoms with van der Waals surface area (Å²) >= 11 is 3.16. The van der Waals surface area contributed by atoms with Gasteiger partial charge in [-0.1, -0.05) is 28.1 Å². The third kappa shape index (κ3) is 4.09. The van der Waals surface area contributed by atoms with Gasteiger partial charge in [-0.2, -0.15) is 0 Å². The highest BCUT2D eigenvalue weighted by Gasteiger charge is 2.30. The molecule has 2 aromatic carbocycles. The van der Waals surface area contributed by atoms with Crippen LogP contribution in [0.4, 0.5) is 14.5 Å². The maximum absolute atomic E-state index is 13.9. The lowest BCUT2D eigenvalue weighted by atomic mass is 9.96. The number of halogens is 3. The van der Waals surface area contributed by atoms with Crippen LogP contribution in [-0.2, 0) is 4.79 Å². The van der Waals surface area contributed by atoms with Crippen LogP contribution in [0.3, 0.4) is 0 Å². The average molecular weight is 423 g/mol. The predicted molar refractivity (Wildman–Crippen MR) is 97.8 cm³/mol. The van der Waals surface area contributed by atoms with Crippen molar-refractivity contribution in [2.75, 3.05) is 18.4 Å². The molecule has 0 aromatic heterocycles. The predicted octanol–water partition coefficient (Wildman–Crippen LogP) is 4.22. The number of amides is 2. The number of nitrogens with zero attached hydrogens (tertiary/aromatic N) is 1. The van der Waals surface area contributed by atoms with E-state index in [2.05, 4.69) is 21.2 Å². The second kappa shape index (κ2) is 7.95. The van der Waals surface area contributed by atoms with Crippen molar-refractivity contribution in [1.29, 1.82) is 0 Å². The Bertz CT molecular complexity index is 844. The molecule has 1 heterocycles. The maximum Gasteiger partial charge on any atom is 0.256 e. The quantitative estimate of drug-likeness (QED) is 0.804. The highest BCUT2D eigenvalue weighted by atomic mass is 79.9. The molecule has 0 saturated carbocycles. The van der Waals surface area contributed by atoms with E-state index < -0.39 is 23.5 Å². The van der Waals surface area contributed by atoms with Gasteiger partial charge >= 0.3 is 0 Å². The van der Waals surface area contributed by atoms with E-state index in [1.807, 2.05) is 0 Å². The Morgan fingerprint density at radius 3 is 2.62 bits per heavy atom. The van der Waals surface area contributed by atoms with Gasteiger partial charge < -0.3 is 10.2 Å². The van der Waals surface area contributed by atoms with Gasteiger partial charge in [0.2, 0.25) is 5.91 Å². The van der Waals surface area contributed by atoms with E-state index in [1.54, 1.807) is 12.1 Å². The summed E-state index contributed by atoms with van der Waals surface area (Å²) in [7, 11) is 0. The fourth-order valence-corrected chi connectivity index (χ4v) is 3.34. The molecule has 1 fully saturated rings.